The number of nitrogens with zero attached hydrogens (tertiary/aromatic N) is 3. The molecule has 4 rings (SSSR count). The number of aryl methyl sites for hydroxylation is 1. The van der Waals surface area contributed by atoms with E-state index >= 15 is 0 Å². The largest absolute Gasteiger partial charge is 0.454 e. The molecule has 0 spiro atoms. The molecule has 2 heterocycles. The summed E-state index contributed by atoms with van der Waals surface area (Å²) in [6.45, 7) is 2.27. The molecule has 6 nitrogen and oxygen atoms in total. The number of hydrogen-bond acceptors (Lipinski definition) is 5. The first-order valence-corrected chi connectivity index (χ1v) is 6.90. The number of ether oxygens (including phenoxy) is 2. The van der Waals surface area contributed by atoms with E-state index in [0.717, 1.165) is 17.0 Å². The first-order valence-electron chi connectivity index (χ1n) is 6.90. The topological polar surface area (TPSA) is 75.2 Å². The molecule has 0 radical (unpaired) electrons. The Kier molecular flexibility index (Phi) is 2.75. The van der Waals surface area contributed by atoms with Gasteiger partial charge in [0.1, 0.15) is 5.69 Å². The van der Waals surface area contributed by atoms with E-state index in [2.05, 4.69) is 10.3 Å². The molecule has 0 bridgehead atoms. The van der Waals surface area contributed by atoms with Gasteiger partial charge in [0.2, 0.25) is 6.79 Å². The van der Waals surface area contributed by atoms with Crippen LogP contribution in [0.3, 0.4) is 0 Å². The lowest BCUT2D eigenvalue weighted by atomic mass is 10.1. The predicted octanol–water partition coefficient (Wildman–Crippen LogP) is 2.55. The molecule has 1 aliphatic rings. The monoisotopic (exact) mass is 294 g/mol. The van der Waals surface area contributed by atoms with Crippen molar-refractivity contribution in [1.82, 2.24) is 15.0 Å². The van der Waals surface area contributed by atoms with Crippen LogP contribution in [0.4, 0.5) is 5.82 Å². The maximum Gasteiger partial charge on any atom is 0.231 e. The van der Waals surface area contributed by atoms with E-state index in [1.165, 1.54) is 5.56 Å². The van der Waals surface area contributed by atoms with Gasteiger partial charge in [-0.2, -0.15) is 4.68 Å². The molecule has 1 aliphatic heterocycles. The van der Waals surface area contributed by atoms with Crippen LogP contribution in [0.1, 0.15) is 5.56 Å². The number of hydrogen-bond donors (Lipinski definition) is 1. The summed E-state index contributed by atoms with van der Waals surface area (Å²) in [5.74, 6) is 1.91. The molecule has 0 saturated carbocycles. The summed E-state index contributed by atoms with van der Waals surface area (Å²) >= 11 is 0. The standard InChI is InChI=1S/C16H14N4O2/c1-10-2-5-12(6-3-10)20-16(17)15(18-19-20)11-4-7-13-14(8-11)22-9-21-13/h2-8H,9,17H2,1H3. The summed E-state index contributed by atoms with van der Waals surface area (Å²) in [4.78, 5) is 0. The van der Waals surface area contributed by atoms with Crippen LogP contribution in [-0.4, -0.2) is 21.8 Å². The van der Waals surface area contributed by atoms with Crippen LogP contribution in [-0.2, 0) is 0 Å². The van der Waals surface area contributed by atoms with Crippen LogP contribution >= 0.6 is 0 Å². The lowest BCUT2D eigenvalue weighted by molar-refractivity contribution is 0.174. The van der Waals surface area contributed by atoms with E-state index in [4.69, 9.17) is 15.2 Å². The summed E-state index contributed by atoms with van der Waals surface area (Å²) in [6.07, 6.45) is 0. The van der Waals surface area contributed by atoms with E-state index in [1.54, 1.807) is 4.68 Å². The van der Waals surface area contributed by atoms with Gasteiger partial charge in [0.15, 0.2) is 17.3 Å². The normalized spacial score (nSPS) is 12.6. The molecule has 0 aliphatic carbocycles. The average molecular weight is 294 g/mol. The molecular formula is C16H14N4O2. The maximum atomic E-state index is 6.22. The number of nitrogens with two attached hydrogens (primary N) is 1. The number of aromatic nitrogens is 3. The van der Waals surface area contributed by atoms with E-state index in [1.807, 2.05) is 49.4 Å². The molecule has 0 atom stereocenters. The molecular weight excluding hydrogens is 280 g/mol. The van der Waals surface area contributed by atoms with Crippen LogP contribution < -0.4 is 15.2 Å². The third-order valence-corrected chi connectivity index (χ3v) is 3.63. The van der Waals surface area contributed by atoms with Crippen molar-refractivity contribution in [1.29, 1.82) is 0 Å². The first-order chi connectivity index (χ1) is 10.7. The number of benzene rings is 2. The fraction of sp³-hybridized carbons (Fsp3) is 0.125. The highest BCUT2D eigenvalue weighted by Gasteiger charge is 2.18. The lowest BCUT2D eigenvalue weighted by Crippen LogP contribution is -2.02. The summed E-state index contributed by atoms with van der Waals surface area (Å²) in [7, 11) is 0. The van der Waals surface area contributed by atoms with E-state index < -0.39 is 0 Å². The Morgan fingerprint density at radius 2 is 1.82 bits per heavy atom. The molecule has 3 aromatic rings. The zero-order chi connectivity index (χ0) is 15.1. The molecule has 2 aromatic carbocycles. The Labute approximate surface area is 127 Å². The summed E-state index contributed by atoms with van der Waals surface area (Å²) in [5.41, 5.74) is 9.74. The molecule has 0 unspecified atom stereocenters. The molecule has 0 fully saturated rings. The van der Waals surface area contributed by atoms with E-state index in [9.17, 15) is 0 Å². The Balaban J connectivity index is 1.76. The van der Waals surface area contributed by atoms with Gasteiger partial charge in [0.05, 0.1) is 5.69 Å². The molecule has 0 saturated heterocycles. The summed E-state index contributed by atoms with van der Waals surface area (Å²) < 4.78 is 12.3. The van der Waals surface area contributed by atoms with Crippen molar-refractivity contribution in [2.45, 2.75) is 6.92 Å². The van der Waals surface area contributed by atoms with Crippen LogP contribution in [0, 0.1) is 6.92 Å². The van der Waals surface area contributed by atoms with Gasteiger partial charge in [0, 0.05) is 5.56 Å². The second kappa shape index (κ2) is 4.77. The highest BCUT2D eigenvalue weighted by atomic mass is 16.7. The lowest BCUT2D eigenvalue weighted by Gasteiger charge is -2.04. The Hall–Kier alpha value is -3.02. The van der Waals surface area contributed by atoms with Crippen molar-refractivity contribution >= 4 is 5.82 Å². The van der Waals surface area contributed by atoms with Gasteiger partial charge in [0.25, 0.3) is 0 Å². The van der Waals surface area contributed by atoms with Gasteiger partial charge < -0.3 is 15.2 Å². The molecule has 22 heavy (non-hydrogen) atoms. The molecule has 6 heteroatoms. The Morgan fingerprint density at radius 1 is 1.05 bits per heavy atom. The summed E-state index contributed by atoms with van der Waals surface area (Å²) in [5, 5.41) is 8.36. The van der Waals surface area contributed by atoms with Crippen LogP contribution in [0.25, 0.3) is 16.9 Å². The second-order valence-electron chi connectivity index (χ2n) is 5.14. The quantitative estimate of drug-likeness (QED) is 0.786. The van der Waals surface area contributed by atoms with Gasteiger partial charge in [-0.1, -0.05) is 22.9 Å². The second-order valence-corrected chi connectivity index (χ2v) is 5.14. The zero-order valence-corrected chi connectivity index (χ0v) is 12.0. The predicted molar refractivity (Wildman–Crippen MR) is 82.1 cm³/mol. The van der Waals surface area contributed by atoms with Gasteiger partial charge in [-0.05, 0) is 37.3 Å². The van der Waals surface area contributed by atoms with Crippen LogP contribution in [0.15, 0.2) is 42.5 Å². The van der Waals surface area contributed by atoms with E-state index in [0.29, 0.717) is 17.3 Å². The number of fused-ring (bicyclic) bond motifs is 1. The molecule has 0 amide bonds. The van der Waals surface area contributed by atoms with Gasteiger partial charge in [-0.3, -0.25) is 0 Å². The first kappa shape index (κ1) is 12.7. The van der Waals surface area contributed by atoms with Crippen molar-refractivity contribution in [2.24, 2.45) is 0 Å². The fourth-order valence-corrected chi connectivity index (χ4v) is 2.42. The Morgan fingerprint density at radius 3 is 2.64 bits per heavy atom. The third-order valence-electron chi connectivity index (χ3n) is 3.63. The van der Waals surface area contributed by atoms with Crippen molar-refractivity contribution in [3.8, 4) is 28.4 Å². The van der Waals surface area contributed by atoms with Crippen molar-refractivity contribution in [2.75, 3.05) is 12.5 Å². The fourth-order valence-electron chi connectivity index (χ4n) is 2.42. The van der Waals surface area contributed by atoms with Crippen molar-refractivity contribution in [3.05, 3.63) is 48.0 Å². The molecule has 2 N–H and O–H groups in total. The molecule has 1 aromatic heterocycles. The average Bonchev–Trinajstić information content (AvgIpc) is 3.14. The highest BCUT2D eigenvalue weighted by molar-refractivity contribution is 5.73. The van der Waals surface area contributed by atoms with Crippen LogP contribution in [0.5, 0.6) is 11.5 Å². The van der Waals surface area contributed by atoms with Gasteiger partial charge in [-0.15, -0.1) is 5.10 Å². The highest BCUT2D eigenvalue weighted by Crippen LogP contribution is 2.36. The smallest absolute Gasteiger partial charge is 0.231 e. The number of nitrogen functional groups attached to an aromatic ring is 1. The van der Waals surface area contributed by atoms with E-state index in [-0.39, 0.29) is 6.79 Å². The zero-order valence-electron chi connectivity index (χ0n) is 12.0. The van der Waals surface area contributed by atoms with Gasteiger partial charge in [-0.25, -0.2) is 0 Å². The van der Waals surface area contributed by atoms with Crippen molar-refractivity contribution < 1.29 is 9.47 Å². The Bertz CT molecular complexity index is 840. The van der Waals surface area contributed by atoms with Gasteiger partial charge >= 0.3 is 0 Å². The van der Waals surface area contributed by atoms with Crippen LogP contribution in [0.2, 0.25) is 0 Å². The minimum absolute atomic E-state index is 0.240. The minimum Gasteiger partial charge on any atom is -0.454 e. The SMILES string of the molecule is Cc1ccc(-n2nnc(-c3ccc4c(c3)OCO4)c2N)cc1. The minimum atomic E-state index is 0.240. The van der Waals surface area contributed by atoms with Crippen molar-refractivity contribution in [3.63, 3.8) is 0 Å². The summed E-state index contributed by atoms with van der Waals surface area (Å²) in [6, 6.07) is 13.6. The maximum absolute atomic E-state index is 6.22. The third kappa shape index (κ3) is 1.96. The molecule has 110 valence electrons. The number of anilines is 1. The number of rotatable bonds is 2.